The maximum atomic E-state index is 12.3. The largest absolute Gasteiger partial charge is 0.492 e. The van der Waals surface area contributed by atoms with Gasteiger partial charge >= 0.3 is 0 Å². The third-order valence-corrected chi connectivity index (χ3v) is 3.23. The van der Waals surface area contributed by atoms with E-state index in [2.05, 4.69) is 0 Å². The summed E-state index contributed by atoms with van der Waals surface area (Å²) in [6, 6.07) is 7.80. The zero-order valence-electron chi connectivity index (χ0n) is 11.7. The van der Waals surface area contributed by atoms with Crippen LogP contribution in [0.2, 0.25) is 0 Å². The van der Waals surface area contributed by atoms with Crippen LogP contribution < -0.4 is 4.74 Å². The van der Waals surface area contributed by atoms with Crippen molar-refractivity contribution >= 4 is 5.91 Å². The van der Waals surface area contributed by atoms with Gasteiger partial charge in [-0.15, -0.1) is 0 Å². The molecule has 0 aromatic heterocycles. The third-order valence-electron chi connectivity index (χ3n) is 3.23. The summed E-state index contributed by atoms with van der Waals surface area (Å²) in [6.07, 6.45) is 0.700. The molecule has 1 aliphatic rings. The minimum absolute atomic E-state index is 0.0247. The normalized spacial score (nSPS) is 18.4. The summed E-state index contributed by atoms with van der Waals surface area (Å²) in [6.45, 7) is 4.13. The van der Waals surface area contributed by atoms with Crippen LogP contribution in [0.1, 0.15) is 19.4 Å². The van der Waals surface area contributed by atoms with Gasteiger partial charge in [-0.1, -0.05) is 18.2 Å². The first-order valence-electron chi connectivity index (χ1n) is 6.55. The Morgan fingerprint density at radius 3 is 2.84 bits per heavy atom. The Morgan fingerprint density at radius 2 is 2.16 bits per heavy atom. The van der Waals surface area contributed by atoms with Crippen molar-refractivity contribution in [2.75, 3.05) is 20.2 Å². The molecule has 1 unspecified atom stereocenters. The van der Waals surface area contributed by atoms with Crippen molar-refractivity contribution in [2.45, 2.75) is 25.9 Å². The number of aliphatic hydroxyl groups is 1. The number of para-hydroxylation sites is 1. The van der Waals surface area contributed by atoms with Crippen LogP contribution in [0.3, 0.4) is 0 Å². The van der Waals surface area contributed by atoms with Crippen LogP contribution in [-0.4, -0.2) is 41.7 Å². The van der Waals surface area contributed by atoms with E-state index in [4.69, 9.17) is 4.74 Å². The van der Waals surface area contributed by atoms with Crippen molar-refractivity contribution in [3.8, 4) is 5.75 Å². The number of carbonyl (C=O) groups excluding carboxylic acids is 1. The lowest BCUT2D eigenvalue weighted by molar-refractivity contribution is -0.138. The molecule has 4 heteroatoms. The average molecular weight is 263 g/mol. The summed E-state index contributed by atoms with van der Waals surface area (Å²) >= 11 is 0. The number of nitrogens with zero attached hydrogens (tertiary/aromatic N) is 1. The molecule has 0 bridgehead atoms. The monoisotopic (exact) mass is 263 g/mol. The van der Waals surface area contributed by atoms with Gasteiger partial charge in [0.2, 0.25) is 5.91 Å². The van der Waals surface area contributed by atoms with Crippen LogP contribution in [0, 0.1) is 5.92 Å². The average Bonchev–Trinajstić information content (AvgIpc) is 2.35. The quantitative estimate of drug-likeness (QED) is 0.898. The van der Waals surface area contributed by atoms with E-state index in [0.717, 1.165) is 11.3 Å². The van der Waals surface area contributed by atoms with Crippen molar-refractivity contribution in [3.05, 3.63) is 29.8 Å². The summed E-state index contributed by atoms with van der Waals surface area (Å²) in [5.74, 6) is 0.732. The zero-order valence-corrected chi connectivity index (χ0v) is 11.7. The molecular weight excluding hydrogens is 242 g/mol. The lowest BCUT2D eigenvalue weighted by Gasteiger charge is -2.31. The Balaban J connectivity index is 2.03. The molecule has 0 aliphatic carbocycles. The van der Waals surface area contributed by atoms with E-state index in [9.17, 15) is 9.90 Å². The van der Waals surface area contributed by atoms with E-state index >= 15 is 0 Å². The minimum atomic E-state index is -0.877. The molecule has 0 saturated carbocycles. The molecule has 1 atom stereocenters. The molecule has 0 saturated heterocycles. The van der Waals surface area contributed by atoms with Crippen LogP contribution in [-0.2, 0) is 11.2 Å². The van der Waals surface area contributed by atoms with Gasteiger partial charge in [-0.2, -0.15) is 0 Å². The number of benzene rings is 1. The molecule has 4 nitrogen and oxygen atoms in total. The predicted octanol–water partition coefficient (Wildman–Crippen LogP) is 1.47. The summed E-state index contributed by atoms with van der Waals surface area (Å²) in [4.78, 5) is 13.9. The van der Waals surface area contributed by atoms with Crippen LogP contribution in [0.5, 0.6) is 5.75 Å². The second kappa shape index (κ2) is 5.21. The van der Waals surface area contributed by atoms with E-state index in [0.29, 0.717) is 19.6 Å². The van der Waals surface area contributed by atoms with E-state index in [1.165, 1.54) is 0 Å². The third kappa shape index (κ3) is 3.47. The molecule has 1 aromatic carbocycles. The van der Waals surface area contributed by atoms with Crippen molar-refractivity contribution < 1.29 is 14.6 Å². The van der Waals surface area contributed by atoms with Crippen molar-refractivity contribution in [1.29, 1.82) is 0 Å². The number of rotatable bonds is 3. The number of amides is 1. The van der Waals surface area contributed by atoms with Crippen LogP contribution in [0.15, 0.2) is 24.3 Å². The van der Waals surface area contributed by atoms with Gasteiger partial charge in [-0.3, -0.25) is 4.79 Å². The maximum Gasteiger partial charge on any atom is 0.229 e. The summed E-state index contributed by atoms with van der Waals surface area (Å²) < 4.78 is 5.63. The highest BCUT2D eigenvalue weighted by atomic mass is 16.5. The first-order chi connectivity index (χ1) is 8.87. The summed E-state index contributed by atoms with van der Waals surface area (Å²) in [5, 5.41) is 9.77. The van der Waals surface area contributed by atoms with Crippen molar-refractivity contribution in [2.24, 2.45) is 5.92 Å². The second-order valence-corrected chi connectivity index (χ2v) is 5.83. The molecule has 1 aliphatic heterocycles. The Morgan fingerprint density at radius 1 is 1.47 bits per heavy atom. The molecule has 1 aromatic rings. The van der Waals surface area contributed by atoms with Gasteiger partial charge in [-0.05, 0) is 31.9 Å². The number of carbonyl (C=O) groups is 1. The van der Waals surface area contributed by atoms with E-state index in [1.54, 1.807) is 25.8 Å². The Hall–Kier alpha value is -1.55. The van der Waals surface area contributed by atoms with Gasteiger partial charge in [0, 0.05) is 13.6 Å². The van der Waals surface area contributed by atoms with Crippen LogP contribution in [0.25, 0.3) is 0 Å². The fourth-order valence-corrected chi connectivity index (χ4v) is 2.46. The second-order valence-electron chi connectivity index (χ2n) is 5.83. The van der Waals surface area contributed by atoms with Gasteiger partial charge in [0.15, 0.2) is 0 Å². The Kier molecular flexibility index (Phi) is 3.80. The number of hydrogen-bond donors (Lipinski definition) is 1. The van der Waals surface area contributed by atoms with E-state index < -0.39 is 5.60 Å². The van der Waals surface area contributed by atoms with Crippen LogP contribution >= 0.6 is 0 Å². The smallest absolute Gasteiger partial charge is 0.229 e. The fourth-order valence-electron chi connectivity index (χ4n) is 2.46. The first kappa shape index (κ1) is 13.9. The summed E-state index contributed by atoms with van der Waals surface area (Å²) in [7, 11) is 1.72. The molecule has 1 N–H and O–H groups in total. The van der Waals surface area contributed by atoms with Gasteiger partial charge in [-0.25, -0.2) is 0 Å². The SMILES string of the molecule is CN(CC(C)(C)O)C(=O)C1COc2ccccc2C1. The predicted molar refractivity (Wildman–Crippen MR) is 73.1 cm³/mol. The number of ether oxygens (including phenoxy) is 1. The van der Waals surface area contributed by atoms with Gasteiger partial charge < -0.3 is 14.7 Å². The van der Waals surface area contributed by atoms with Gasteiger partial charge in [0.25, 0.3) is 0 Å². The number of hydrogen-bond acceptors (Lipinski definition) is 3. The van der Waals surface area contributed by atoms with Crippen molar-refractivity contribution in [3.63, 3.8) is 0 Å². The maximum absolute atomic E-state index is 12.3. The lowest BCUT2D eigenvalue weighted by Crippen LogP contribution is -2.44. The Labute approximate surface area is 114 Å². The topological polar surface area (TPSA) is 49.8 Å². The fraction of sp³-hybridized carbons (Fsp3) is 0.533. The standard InChI is InChI=1S/C15H21NO3/c1-15(2,18)10-16(3)14(17)12-8-11-6-4-5-7-13(11)19-9-12/h4-7,12,18H,8-10H2,1-3H3. The zero-order chi connectivity index (χ0) is 14.0. The highest BCUT2D eigenvalue weighted by Crippen LogP contribution is 2.27. The first-order valence-corrected chi connectivity index (χ1v) is 6.55. The molecule has 19 heavy (non-hydrogen) atoms. The van der Waals surface area contributed by atoms with Crippen molar-refractivity contribution in [1.82, 2.24) is 4.90 Å². The van der Waals surface area contributed by atoms with Gasteiger partial charge in [0.05, 0.1) is 11.5 Å². The molecule has 0 radical (unpaired) electrons. The Bertz CT molecular complexity index is 465. The molecule has 1 amide bonds. The molecular formula is C15H21NO3. The van der Waals surface area contributed by atoms with Crippen LogP contribution in [0.4, 0.5) is 0 Å². The highest BCUT2D eigenvalue weighted by Gasteiger charge is 2.29. The minimum Gasteiger partial charge on any atom is -0.492 e. The summed E-state index contributed by atoms with van der Waals surface area (Å²) in [5.41, 5.74) is 0.196. The van der Waals surface area contributed by atoms with Gasteiger partial charge in [0.1, 0.15) is 12.4 Å². The number of likely N-dealkylation sites (N-methyl/N-ethyl adjacent to an activating group) is 1. The molecule has 104 valence electrons. The highest BCUT2D eigenvalue weighted by molar-refractivity contribution is 5.79. The van der Waals surface area contributed by atoms with E-state index in [-0.39, 0.29) is 11.8 Å². The lowest BCUT2D eigenvalue weighted by atomic mass is 9.95. The van der Waals surface area contributed by atoms with E-state index in [1.807, 2.05) is 24.3 Å². The molecule has 0 spiro atoms. The number of fused-ring (bicyclic) bond motifs is 1. The molecule has 2 rings (SSSR count). The molecule has 1 heterocycles. The molecule has 0 fully saturated rings.